The third-order valence-electron chi connectivity index (χ3n) is 2.81. The number of hydrogen-bond acceptors (Lipinski definition) is 6. The van der Waals surface area contributed by atoms with Crippen molar-refractivity contribution < 1.29 is 9.90 Å². The molecule has 1 aliphatic heterocycles. The van der Waals surface area contributed by atoms with Crippen molar-refractivity contribution in [1.82, 2.24) is 15.3 Å². The van der Waals surface area contributed by atoms with E-state index in [1.54, 1.807) is 0 Å². The maximum atomic E-state index is 12.0. The SMILES string of the molecule is O=C(Nc1nc2c(s1)CNCC2)c1cncc(O)c1. The van der Waals surface area contributed by atoms with Gasteiger partial charge < -0.3 is 10.4 Å². The Morgan fingerprint density at radius 2 is 2.37 bits per heavy atom. The summed E-state index contributed by atoms with van der Waals surface area (Å²) in [5.74, 6) is -0.349. The van der Waals surface area contributed by atoms with E-state index in [1.165, 1.54) is 29.8 Å². The van der Waals surface area contributed by atoms with Crippen LogP contribution in [-0.4, -0.2) is 27.5 Å². The number of aromatic nitrogens is 2. The number of anilines is 1. The highest BCUT2D eigenvalue weighted by atomic mass is 32.1. The molecule has 0 saturated carbocycles. The van der Waals surface area contributed by atoms with Crippen LogP contribution in [0.2, 0.25) is 0 Å². The van der Waals surface area contributed by atoms with Crippen LogP contribution in [0.25, 0.3) is 0 Å². The van der Waals surface area contributed by atoms with E-state index in [9.17, 15) is 9.90 Å². The van der Waals surface area contributed by atoms with Gasteiger partial charge in [-0.25, -0.2) is 4.98 Å². The predicted octanol–water partition coefficient (Wildman–Crippen LogP) is 1.14. The van der Waals surface area contributed by atoms with Gasteiger partial charge in [-0.1, -0.05) is 0 Å². The van der Waals surface area contributed by atoms with E-state index >= 15 is 0 Å². The normalized spacial score (nSPS) is 13.9. The molecule has 0 aliphatic carbocycles. The van der Waals surface area contributed by atoms with Crippen molar-refractivity contribution in [3.8, 4) is 5.75 Å². The fourth-order valence-electron chi connectivity index (χ4n) is 1.90. The van der Waals surface area contributed by atoms with E-state index in [2.05, 4.69) is 20.6 Å². The van der Waals surface area contributed by atoms with Gasteiger partial charge in [0.15, 0.2) is 5.13 Å². The number of pyridine rings is 1. The number of thiazole rings is 1. The molecule has 0 aromatic carbocycles. The van der Waals surface area contributed by atoms with Crippen LogP contribution in [-0.2, 0) is 13.0 Å². The zero-order valence-electron chi connectivity index (χ0n) is 10.0. The van der Waals surface area contributed by atoms with Crippen molar-refractivity contribution in [1.29, 1.82) is 0 Å². The Morgan fingerprint density at radius 3 is 3.16 bits per heavy atom. The summed E-state index contributed by atoms with van der Waals surface area (Å²) in [6, 6.07) is 1.37. The number of hydrogen-bond donors (Lipinski definition) is 3. The molecule has 3 heterocycles. The van der Waals surface area contributed by atoms with Gasteiger partial charge in [-0.2, -0.15) is 0 Å². The van der Waals surface area contributed by atoms with Gasteiger partial charge in [0.1, 0.15) is 5.75 Å². The average Bonchev–Trinajstić information content (AvgIpc) is 2.80. The molecule has 0 unspecified atom stereocenters. The molecule has 0 spiro atoms. The molecule has 19 heavy (non-hydrogen) atoms. The first-order chi connectivity index (χ1) is 9.22. The van der Waals surface area contributed by atoms with Crippen LogP contribution in [0.1, 0.15) is 20.9 Å². The van der Waals surface area contributed by atoms with Crippen LogP contribution in [0, 0.1) is 0 Å². The van der Waals surface area contributed by atoms with Crippen LogP contribution >= 0.6 is 11.3 Å². The molecule has 3 N–H and O–H groups in total. The van der Waals surface area contributed by atoms with E-state index in [0.717, 1.165) is 30.1 Å². The number of nitrogens with zero attached hydrogens (tertiary/aromatic N) is 2. The van der Waals surface area contributed by atoms with Gasteiger partial charge in [0.25, 0.3) is 5.91 Å². The summed E-state index contributed by atoms with van der Waals surface area (Å²) in [6.07, 6.45) is 3.57. The summed E-state index contributed by atoms with van der Waals surface area (Å²) in [4.78, 5) is 21.3. The lowest BCUT2D eigenvalue weighted by molar-refractivity contribution is 0.102. The second-order valence-corrected chi connectivity index (χ2v) is 5.29. The average molecular weight is 276 g/mol. The van der Waals surface area contributed by atoms with Crippen molar-refractivity contribution in [3.05, 3.63) is 34.6 Å². The number of amides is 1. The number of fused-ring (bicyclic) bond motifs is 1. The second-order valence-electron chi connectivity index (χ2n) is 4.20. The Hall–Kier alpha value is -1.99. The summed E-state index contributed by atoms with van der Waals surface area (Å²) in [5, 5.41) is 15.9. The molecule has 1 amide bonds. The highest BCUT2D eigenvalue weighted by molar-refractivity contribution is 7.15. The van der Waals surface area contributed by atoms with Gasteiger partial charge in [0.2, 0.25) is 0 Å². The predicted molar refractivity (Wildman–Crippen MR) is 71.4 cm³/mol. The summed E-state index contributed by atoms with van der Waals surface area (Å²) >= 11 is 1.47. The number of nitrogens with one attached hydrogen (secondary N) is 2. The molecule has 0 radical (unpaired) electrons. The van der Waals surface area contributed by atoms with Gasteiger partial charge in [0.05, 0.1) is 17.5 Å². The largest absolute Gasteiger partial charge is 0.506 e. The number of carbonyl (C=O) groups is 1. The van der Waals surface area contributed by atoms with Gasteiger partial charge in [-0.3, -0.25) is 15.1 Å². The van der Waals surface area contributed by atoms with Crippen molar-refractivity contribution in [2.45, 2.75) is 13.0 Å². The third-order valence-corrected chi connectivity index (χ3v) is 3.82. The van der Waals surface area contributed by atoms with Crippen molar-refractivity contribution in [2.24, 2.45) is 0 Å². The quantitative estimate of drug-likeness (QED) is 0.765. The molecule has 0 saturated heterocycles. The molecule has 2 aromatic heterocycles. The third kappa shape index (κ3) is 2.56. The van der Waals surface area contributed by atoms with E-state index in [-0.39, 0.29) is 11.7 Å². The molecule has 98 valence electrons. The Kier molecular flexibility index (Phi) is 3.14. The van der Waals surface area contributed by atoms with Crippen LogP contribution in [0.3, 0.4) is 0 Å². The zero-order chi connectivity index (χ0) is 13.2. The van der Waals surface area contributed by atoms with Crippen LogP contribution in [0.15, 0.2) is 18.5 Å². The maximum absolute atomic E-state index is 12.0. The molecule has 0 atom stereocenters. The number of carbonyl (C=O) groups excluding carboxylic acids is 1. The van der Waals surface area contributed by atoms with Crippen molar-refractivity contribution in [3.63, 3.8) is 0 Å². The first-order valence-electron chi connectivity index (χ1n) is 5.87. The van der Waals surface area contributed by atoms with Crippen LogP contribution in [0.5, 0.6) is 5.75 Å². The molecule has 7 heteroatoms. The molecule has 1 aliphatic rings. The van der Waals surface area contributed by atoms with E-state index < -0.39 is 0 Å². The highest BCUT2D eigenvalue weighted by Gasteiger charge is 2.16. The Labute approximate surface area is 113 Å². The minimum atomic E-state index is -0.317. The Morgan fingerprint density at radius 1 is 1.47 bits per heavy atom. The zero-order valence-corrected chi connectivity index (χ0v) is 10.8. The Bertz CT molecular complexity index is 602. The minimum absolute atomic E-state index is 0.0321. The first-order valence-corrected chi connectivity index (χ1v) is 6.69. The summed E-state index contributed by atoms with van der Waals surface area (Å²) in [5.41, 5.74) is 1.36. The van der Waals surface area contributed by atoms with E-state index in [4.69, 9.17) is 0 Å². The lowest BCUT2D eigenvalue weighted by Crippen LogP contribution is -2.22. The van der Waals surface area contributed by atoms with E-state index in [0.29, 0.717) is 10.7 Å². The fraction of sp³-hybridized carbons (Fsp3) is 0.250. The van der Waals surface area contributed by atoms with Gasteiger partial charge in [0, 0.05) is 30.6 Å². The maximum Gasteiger partial charge on any atom is 0.259 e. The Balaban J connectivity index is 1.77. The molecular formula is C12H12N4O2S. The second kappa shape index (κ2) is 4.94. The summed E-state index contributed by atoms with van der Waals surface area (Å²) < 4.78 is 0. The molecule has 3 rings (SSSR count). The lowest BCUT2D eigenvalue weighted by atomic mass is 10.2. The molecule has 0 bridgehead atoms. The smallest absolute Gasteiger partial charge is 0.259 e. The topological polar surface area (TPSA) is 87.1 Å². The highest BCUT2D eigenvalue weighted by Crippen LogP contribution is 2.25. The molecule has 6 nitrogen and oxygen atoms in total. The van der Waals surface area contributed by atoms with Crippen LogP contribution < -0.4 is 10.6 Å². The van der Waals surface area contributed by atoms with Crippen molar-refractivity contribution in [2.75, 3.05) is 11.9 Å². The molecule has 0 fully saturated rings. The lowest BCUT2D eigenvalue weighted by Gasteiger charge is -2.09. The number of rotatable bonds is 2. The standard InChI is InChI=1S/C12H12N4O2S/c17-8-3-7(4-14-5-8)11(18)16-12-15-9-1-2-13-6-10(9)19-12/h3-5,13,17H,1-2,6H2,(H,15,16,18). The number of aromatic hydroxyl groups is 1. The van der Waals surface area contributed by atoms with Crippen molar-refractivity contribution >= 4 is 22.4 Å². The minimum Gasteiger partial charge on any atom is -0.506 e. The van der Waals surface area contributed by atoms with Gasteiger partial charge >= 0.3 is 0 Å². The summed E-state index contributed by atoms with van der Waals surface area (Å²) in [7, 11) is 0. The van der Waals surface area contributed by atoms with E-state index in [1.807, 2.05) is 0 Å². The van der Waals surface area contributed by atoms with Gasteiger partial charge in [-0.05, 0) is 6.07 Å². The molecule has 2 aromatic rings. The monoisotopic (exact) mass is 276 g/mol. The fourth-order valence-corrected chi connectivity index (χ4v) is 2.87. The molecular weight excluding hydrogens is 264 g/mol. The first kappa shape index (κ1) is 12.1. The van der Waals surface area contributed by atoms with Gasteiger partial charge in [-0.15, -0.1) is 11.3 Å². The van der Waals surface area contributed by atoms with Crippen LogP contribution in [0.4, 0.5) is 5.13 Å². The summed E-state index contributed by atoms with van der Waals surface area (Å²) in [6.45, 7) is 1.72.